The first-order valence-corrected chi connectivity index (χ1v) is 5.16. The Labute approximate surface area is 101 Å². The molecule has 4 nitrogen and oxygen atoms in total. The molecule has 2 aromatic rings. The fraction of sp³-hybridized carbons (Fsp3) is 0.273. The minimum Gasteiger partial charge on any atom is -0.387 e. The molecule has 1 aromatic heterocycles. The molecular weight excluding hydrogens is 247 g/mol. The van der Waals surface area contributed by atoms with Crippen molar-refractivity contribution in [1.82, 2.24) is 15.0 Å². The van der Waals surface area contributed by atoms with Crippen molar-refractivity contribution in [2.24, 2.45) is 0 Å². The smallest absolute Gasteiger partial charge is 0.387 e. The van der Waals surface area contributed by atoms with Gasteiger partial charge in [0.15, 0.2) is 0 Å². The van der Waals surface area contributed by atoms with E-state index in [2.05, 4.69) is 10.3 Å². The summed E-state index contributed by atoms with van der Waals surface area (Å²) in [5, 5.41) is 16.7. The van der Waals surface area contributed by atoms with Gasteiger partial charge in [0.25, 0.3) is 0 Å². The van der Waals surface area contributed by atoms with Crippen molar-refractivity contribution in [3.63, 3.8) is 0 Å². The van der Waals surface area contributed by atoms with Gasteiger partial charge in [-0.25, -0.2) is 4.68 Å². The van der Waals surface area contributed by atoms with E-state index in [9.17, 15) is 18.3 Å². The van der Waals surface area contributed by atoms with Crippen molar-refractivity contribution in [2.75, 3.05) is 0 Å². The first-order chi connectivity index (χ1) is 8.38. The summed E-state index contributed by atoms with van der Waals surface area (Å²) in [6, 6.07) is 4.53. The van der Waals surface area contributed by atoms with E-state index in [0.717, 1.165) is 12.1 Å². The van der Waals surface area contributed by atoms with E-state index < -0.39 is 17.8 Å². The molecule has 18 heavy (non-hydrogen) atoms. The Morgan fingerprint density at radius 3 is 2.28 bits per heavy atom. The molecule has 1 heterocycles. The van der Waals surface area contributed by atoms with Gasteiger partial charge >= 0.3 is 6.18 Å². The highest BCUT2D eigenvalue weighted by Gasteiger charge is 2.30. The summed E-state index contributed by atoms with van der Waals surface area (Å²) < 4.78 is 38.4. The molecule has 1 unspecified atom stereocenters. The summed E-state index contributed by atoms with van der Waals surface area (Å²) in [5.41, 5.74) is 0.0828. The van der Waals surface area contributed by atoms with Gasteiger partial charge in [0.1, 0.15) is 5.69 Å². The zero-order valence-electron chi connectivity index (χ0n) is 9.39. The highest BCUT2D eigenvalue weighted by atomic mass is 19.4. The highest BCUT2D eigenvalue weighted by Crippen LogP contribution is 2.29. The SMILES string of the molecule is CC(O)c1cn(-c2ccc(C(F)(F)F)cc2)nn1. The lowest BCUT2D eigenvalue weighted by molar-refractivity contribution is -0.137. The number of nitrogens with zero attached hydrogens (tertiary/aromatic N) is 3. The number of aliphatic hydroxyl groups is 1. The van der Waals surface area contributed by atoms with Crippen LogP contribution >= 0.6 is 0 Å². The number of hydrogen-bond donors (Lipinski definition) is 1. The summed E-state index contributed by atoms with van der Waals surface area (Å²) >= 11 is 0. The molecule has 0 saturated heterocycles. The fourth-order valence-electron chi connectivity index (χ4n) is 1.40. The Balaban J connectivity index is 2.29. The molecule has 1 atom stereocenters. The van der Waals surface area contributed by atoms with Gasteiger partial charge in [0, 0.05) is 0 Å². The van der Waals surface area contributed by atoms with Crippen molar-refractivity contribution in [2.45, 2.75) is 19.2 Å². The second kappa shape index (κ2) is 4.41. The van der Waals surface area contributed by atoms with Crippen LogP contribution in [0.15, 0.2) is 30.5 Å². The van der Waals surface area contributed by atoms with Crippen LogP contribution in [0.1, 0.15) is 24.3 Å². The van der Waals surface area contributed by atoms with Gasteiger partial charge in [-0.15, -0.1) is 5.10 Å². The molecule has 2 rings (SSSR count). The summed E-state index contributed by atoms with van der Waals surface area (Å²) in [6.07, 6.45) is -3.66. The Hall–Kier alpha value is -1.89. The summed E-state index contributed by atoms with van der Waals surface area (Å²) in [4.78, 5) is 0. The average molecular weight is 257 g/mol. The molecule has 96 valence electrons. The van der Waals surface area contributed by atoms with E-state index in [1.54, 1.807) is 0 Å². The fourth-order valence-corrected chi connectivity index (χ4v) is 1.40. The lowest BCUT2D eigenvalue weighted by atomic mass is 10.2. The molecule has 0 radical (unpaired) electrons. The maximum Gasteiger partial charge on any atom is 0.416 e. The largest absolute Gasteiger partial charge is 0.416 e. The third-order valence-electron chi connectivity index (χ3n) is 2.40. The van der Waals surface area contributed by atoms with Crippen LogP contribution in [-0.4, -0.2) is 20.1 Å². The molecule has 0 spiro atoms. The summed E-state index contributed by atoms with van der Waals surface area (Å²) in [5.74, 6) is 0. The minimum atomic E-state index is -4.36. The second-order valence-electron chi connectivity index (χ2n) is 3.81. The van der Waals surface area contributed by atoms with Crippen LogP contribution < -0.4 is 0 Å². The van der Waals surface area contributed by atoms with E-state index in [4.69, 9.17) is 0 Å². The Bertz CT molecular complexity index is 531. The zero-order chi connectivity index (χ0) is 13.3. The first kappa shape index (κ1) is 12.6. The van der Waals surface area contributed by atoms with Crippen LogP contribution in [0.5, 0.6) is 0 Å². The predicted octanol–water partition coefficient (Wildman–Crippen LogP) is 2.34. The Kier molecular flexibility index (Phi) is 3.08. The minimum absolute atomic E-state index is 0.356. The molecule has 0 aliphatic carbocycles. The van der Waals surface area contributed by atoms with Crippen LogP contribution in [0.4, 0.5) is 13.2 Å². The predicted molar refractivity (Wildman–Crippen MR) is 57.0 cm³/mol. The molecular formula is C11H10F3N3O. The number of hydrogen-bond acceptors (Lipinski definition) is 3. The van der Waals surface area contributed by atoms with Crippen molar-refractivity contribution < 1.29 is 18.3 Å². The van der Waals surface area contributed by atoms with Crippen molar-refractivity contribution in [3.8, 4) is 5.69 Å². The van der Waals surface area contributed by atoms with E-state index in [1.165, 1.54) is 29.9 Å². The van der Waals surface area contributed by atoms with Gasteiger partial charge in [0.05, 0.1) is 23.6 Å². The molecule has 0 aliphatic heterocycles. The third-order valence-corrected chi connectivity index (χ3v) is 2.40. The van der Waals surface area contributed by atoms with Gasteiger partial charge < -0.3 is 5.11 Å². The second-order valence-corrected chi connectivity index (χ2v) is 3.81. The molecule has 1 aromatic carbocycles. The molecule has 7 heteroatoms. The standard InChI is InChI=1S/C11H10F3N3O/c1-7(18)10-6-17(16-15-10)9-4-2-8(3-5-9)11(12,13)14/h2-7,18H,1H3. The highest BCUT2D eigenvalue weighted by molar-refractivity contribution is 5.34. The van der Waals surface area contributed by atoms with Gasteiger partial charge in [-0.1, -0.05) is 5.21 Å². The maximum absolute atomic E-state index is 12.4. The quantitative estimate of drug-likeness (QED) is 0.898. The van der Waals surface area contributed by atoms with Crippen molar-refractivity contribution in [1.29, 1.82) is 0 Å². The average Bonchev–Trinajstić information content (AvgIpc) is 2.77. The van der Waals surface area contributed by atoms with Crippen molar-refractivity contribution in [3.05, 3.63) is 41.7 Å². The topological polar surface area (TPSA) is 50.9 Å². The number of alkyl halides is 3. The third kappa shape index (κ3) is 2.51. The molecule has 1 N–H and O–H groups in total. The van der Waals surface area contributed by atoms with E-state index >= 15 is 0 Å². The van der Waals surface area contributed by atoms with E-state index in [-0.39, 0.29) is 0 Å². The Morgan fingerprint density at radius 2 is 1.83 bits per heavy atom. The van der Waals surface area contributed by atoms with Crippen molar-refractivity contribution >= 4 is 0 Å². The van der Waals surface area contributed by atoms with Gasteiger partial charge in [-0.05, 0) is 31.2 Å². The lowest BCUT2D eigenvalue weighted by Crippen LogP contribution is -2.05. The summed E-state index contributed by atoms with van der Waals surface area (Å²) in [7, 11) is 0. The van der Waals surface area contributed by atoms with Gasteiger partial charge in [-0.2, -0.15) is 13.2 Å². The van der Waals surface area contributed by atoms with Gasteiger partial charge in [-0.3, -0.25) is 0 Å². The van der Waals surface area contributed by atoms with Crippen LogP contribution in [0.2, 0.25) is 0 Å². The van der Waals surface area contributed by atoms with Crippen LogP contribution in [0.25, 0.3) is 5.69 Å². The molecule has 0 saturated carbocycles. The number of halogens is 3. The number of benzene rings is 1. The zero-order valence-corrected chi connectivity index (χ0v) is 9.39. The van der Waals surface area contributed by atoms with Crippen LogP contribution in [-0.2, 0) is 6.18 Å². The normalized spacial score (nSPS) is 13.6. The monoisotopic (exact) mass is 257 g/mol. The number of aromatic nitrogens is 3. The van der Waals surface area contributed by atoms with Crippen LogP contribution in [0.3, 0.4) is 0 Å². The lowest BCUT2D eigenvalue weighted by Gasteiger charge is -2.07. The van der Waals surface area contributed by atoms with E-state index in [0.29, 0.717) is 11.4 Å². The maximum atomic E-state index is 12.4. The molecule has 0 aliphatic rings. The first-order valence-electron chi connectivity index (χ1n) is 5.16. The number of aliphatic hydroxyl groups excluding tert-OH is 1. The van der Waals surface area contributed by atoms with Crippen LogP contribution in [0, 0.1) is 0 Å². The Morgan fingerprint density at radius 1 is 1.22 bits per heavy atom. The summed E-state index contributed by atoms with van der Waals surface area (Å²) in [6.45, 7) is 1.53. The molecule has 0 bridgehead atoms. The van der Waals surface area contributed by atoms with E-state index in [1.807, 2.05) is 0 Å². The van der Waals surface area contributed by atoms with Gasteiger partial charge in [0.2, 0.25) is 0 Å². The number of rotatable bonds is 2. The molecule has 0 amide bonds. The molecule has 0 fully saturated rings.